The largest absolute Gasteiger partial charge is 0.395 e. The number of benzene rings is 1. The molecule has 18 heavy (non-hydrogen) atoms. The molecule has 3 atom stereocenters. The summed E-state index contributed by atoms with van der Waals surface area (Å²) in [5.41, 5.74) is 1.01. The highest BCUT2D eigenvalue weighted by Crippen LogP contribution is 2.25. The smallest absolute Gasteiger partial charge is 0.124 e. The van der Waals surface area contributed by atoms with E-state index in [1.165, 1.54) is 12.1 Å². The third-order valence-electron chi connectivity index (χ3n) is 2.98. The standard InChI is InChI=1S/C13H19BrFNOS/c1-8(16-9(2)13(7-17)18-3)11-5-4-10(15)6-12(11)14/h4-6,8-9,13,16-17H,7H2,1-3H3. The van der Waals surface area contributed by atoms with Crippen LogP contribution in [-0.4, -0.2) is 29.3 Å². The van der Waals surface area contributed by atoms with Crippen molar-refractivity contribution < 1.29 is 9.50 Å². The Morgan fingerprint density at radius 2 is 2.11 bits per heavy atom. The molecule has 0 aliphatic carbocycles. The molecule has 0 aliphatic rings. The first-order valence-electron chi connectivity index (χ1n) is 5.84. The van der Waals surface area contributed by atoms with E-state index >= 15 is 0 Å². The molecule has 0 aliphatic heterocycles. The van der Waals surface area contributed by atoms with Crippen LogP contribution in [0, 0.1) is 5.82 Å². The van der Waals surface area contributed by atoms with Crippen molar-refractivity contribution in [1.29, 1.82) is 0 Å². The molecular weight excluding hydrogens is 317 g/mol. The molecule has 0 aromatic heterocycles. The molecule has 0 heterocycles. The van der Waals surface area contributed by atoms with Crippen molar-refractivity contribution >= 4 is 27.7 Å². The van der Waals surface area contributed by atoms with Gasteiger partial charge < -0.3 is 10.4 Å². The van der Waals surface area contributed by atoms with Gasteiger partial charge in [0.25, 0.3) is 0 Å². The van der Waals surface area contributed by atoms with Crippen LogP contribution in [0.15, 0.2) is 22.7 Å². The summed E-state index contributed by atoms with van der Waals surface area (Å²) in [6.07, 6.45) is 1.98. The van der Waals surface area contributed by atoms with E-state index in [-0.39, 0.29) is 29.8 Å². The van der Waals surface area contributed by atoms with Crippen LogP contribution < -0.4 is 5.32 Å². The van der Waals surface area contributed by atoms with E-state index in [1.807, 2.05) is 20.1 Å². The van der Waals surface area contributed by atoms with Crippen LogP contribution in [0.25, 0.3) is 0 Å². The summed E-state index contributed by atoms with van der Waals surface area (Å²) in [5, 5.41) is 12.8. The molecule has 1 aromatic carbocycles. The minimum atomic E-state index is -0.247. The van der Waals surface area contributed by atoms with Crippen molar-refractivity contribution in [1.82, 2.24) is 5.32 Å². The number of thioether (sulfide) groups is 1. The lowest BCUT2D eigenvalue weighted by Crippen LogP contribution is -2.39. The lowest BCUT2D eigenvalue weighted by Gasteiger charge is -2.26. The molecule has 0 radical (unpaired) electrons. The van der Waals surface area contributed by atoms with Gasteiger partial charge in [-0.05, 0) is 37.8 Å². The molecule has 0 saturated heterocycles. The average Bonchev–Trinajstić information content (AvgIpc) is 2.30. The molecule has 0 bridgehead atoms. The van der Waals surface area contributed by atoms with Gasteiger partial charge in [-0.25, -0.2) is 4.39 Å². The predicted octanol–water partition coefficient (Wildman–Crippen LogP) is 3.35. The van der Waals surface area contributed by atoms with Crippen molar-refractivity contribution in [2.24, 2.45) is 0 Å². The lowest BCUT2D eigenvalue weighted by atomic mass is 10.1. The summed E-state index contributed by atoms with van der Waals surface area (Å²) in [6, 6.07) is 4.97. The summed E-state index contributed by atoms with van der Waals surface area (Å²) in [4.78, 5) is 0. The molecule has 0 fully saturated rings. The maximum Gasteiger partial charge on any atom is 0.124 e. The Hall–Kier alpha value is -0.100. The summed E-state index contributed by atoms with van der Waals surface area (Å²) in [7, 11) is 0. The summed E-state index contributed by atoms with van der Waals surface area (Å²) >= 11 is 5.01. The highest BCUT2D eigenvalue weighted by Gasteiger charge is 2.19. The van der Waals surface area contributed by atoms with Gasteiger partial charge in [-0.3, -0.25) is 0 Å². The average molecular weight is 336 g/mol. The van der Waals surface area contributed by atoms with Gasteiger partial charge in [0.05, 0.1) is 6.61 Å². The highest BCUT2D eigenvalue weighted by molar-refractivity contribution is 9.10. The lowest BCUT2D eigenvalue weighted by molar-refractivity contribution is 0.271. The number of hydrogen-bond acceptors (Lipinski definition) is 3. The Morgan fingerprint density at radius 1 is 1.44 bits per heavy atom. The molecule has 102 valence electrons. The molecular formula is C13H19BrFNOS. The monoisotopic (exact) mass is 335 g/mol. The number of rotatable bonds is 6. The SMILES string of the molecule is CSC(CO)C(C)NC(C)c1ccc(F)cc1Br. The Balaban J connectivity index is 2.72. The van der Waals surface area contributed by atoms with Crippen LogP contribution in [0.3, 0.4) is 0 Å². The van der Waals surface area contributed by atoms with E-state index in [4.69, 9.17) is 0 Å². The van der Waals surface area contributed by atoms with Crippen LogP contribution in [0.4, 0.5) is 4.39 Å². The van der Waals surface area contributed by atoms with Gasteiger partial charge >= 0.3 is 0 Å². The first kappa shape index (κ1) is 16.0. The zero-order valence-electron chi connectivity index (χ0n) is 10.8. The fourth-order valence-corrected chi connectivity index (χ4v) is 3.21. The minimum absolute atomic E-state index is 0.0937. The number of hydrogen-bond donors (Lipinski definition) is 2. The summed E-state index contributed by atoms with van der Waals surface area (Å²) in [5.74, 6) is -0.247. The van der Waals surface area contributed by atoms with Crippen LogP contribution >= 0.6 is 27.7 Å². The van der Waals surface area contributed by atoms with Crippen molar-refractivity contribution in [3.63, 3.8) is 0 Å². The summed E-state index contributed by atoms with van der Waals surface area (Å²) in [6.45, 7) is 4.22. The third-order valence-corrected chi connectivity index (χ3v) is 4.83. The van der Waals surface area contributed by atoms with E-state index in [0.29, 0.717) is 0 Å². The number of halogens is 2. The van der Waals surface area contributed by atoms with Crippen molar-refractivity contribution in [3.05, 3.63) is 34.1 Å². The molecule has 1 rings (SSSR count). The van der Waals surface area contributed by atoms with Crippen LogP contribution in [0.1, 0.15) is 25.5 Å². The van der Waals surface area contributed by atoms with E-state index < -0.39 is 0 Å². The Kier molecular flexibility index (Phi) is 6.63. The van der Waals surface area contributed by atoms with Gasteiger partial charge in [0.15, 0.2) is 0 Å². The van der Waals surface area contributed by atoms with E-state index in [0.717, 1.165) is 10.0 Å². The fourth-order valence-electron chi connectivity index (χ4n) is 1.88. The second-order valence-electron chi connectivity index (χ2n) is 4.30. The van der Waals surface area contributed by atoms with Gasteiger partial charge in [0.2, 0.25) is 0 Å². The van der Waals surface area contributed by atoms with Crippen LogP contribution in [-0.2, 0) is 0 Å². The molecule has 5 heteroatoms. The van der Waals surface area contributed by atoms with Crippen LogP contribution in [0.5, 0.6) is 0 Å². The fraction of sp³-hybridized carbons (Fsp3) is 0.538. The van der Waals surface area contributed by atoms with Gasteiger partial charge in [0, 0.05) is 21.8 Å². The molecule has 2 nitrogen and oxygen atoms in total. The predicted molar refractivity (Wildman–Crippen MR) is 79.5 cm³/mol. The third kappa shape index (κ3) is 4.23. The van der Waals surface area contributed by atoms with Gasteiger partial charge in [-0.1, -0.05) is 22.0 Å². The Labute approximate surface area is 120 Å². The van der Waals surface area contributed by atoms with Gasteiger partial charge in [0.1, 0.15) is 5.82 Å². The van der Waals surface area contributed by atoms with Crippen LogP contribution in [0.2, 0.25) is 0 Å². The number of aliphatic hydroxyl groups is 1. The van der Waals surface area contributed by atoms with Crippen molar-refractivity contribution in [3.8, 4) is 0 Å². The van der Waals surface area contributed by atoms with E-state index in [1.54, 1.807) is 17.8 Å². The van der Waals surface area contributed by atoms with E-state index in [9.17, 15) is 9.50 Å². The minimum Gasteiger partial charge on any atom is -0.395 e. The molecule has 1 aromatic rings. The second kappa shape index (κ2) is 7.48. The van der Waals surface area contributed by atoms with Gasteiger partial charge in [-0.15, -0.1) is 0 Å². The first-order valence-corrected chi connectivity index (χ1v) is 7.92. The molecule has 0 saturated carbocycles. The topological polar surface area (TPSA) is 32.3 Å². The van der Waals surface area contributed by atoms with E-state index in [2.05, 4.69) is 21.2 Å². The second-order valence-corrected chi connectivity index (χ2v) is 6.23. The zero-order chi connectivity index (χ0) is 13.7. The van der Waals surface area contributed by atoms with Gasteiger partial charge in [-0.2, -0.15) is 11.8 Å². The molecule has 0 spiro atoms. The maximum absolute atomic E-state index is 13.0. The van der Waals surface area contributed by atoms with Crippen molar-refractivity contribution in [2.75, 3.05) is 12.9 Å². The Bertz CT molecular complexity index is 387. The summed E-state index contributed by atoms with van der Waals surface area (Å²) < 4.78 is 13.8. The zero-order valence-corrected chi connectivity index (χ0v) is 13.2. The number of nitrogens with one attached hydrogen (secondary N) is 1. The molecule has 2 N–H and O–H groups in total. The first-order chi connectivity index (χ1) is 8.49. The number of aliphatic hydroxyl groups excluding tert-OH is 1. The normalized spacial score (nSPS) is 16.3. The molecule has 3 unspecified atom stereocenters. The quantitative estimate of drug-likeness (QED) is 0.836. The Morgan fingerprint density at radius 3 is 2.61 bits per heavy atom. The molecule has 0 amide bonds. The highest BCUT2D eigenvalue weighted by atomic mass is 79.9. The maximum atomic E-state index is 13.0. The van der Waals surface area contributed by atoms with Crippen molar-refractivity contribution in [2.45, 2.75) is 31.2 Å².